The van der Waals surface area contributed by atoms with E-state index in [2.05, 4.69) is 10.3 Å². The molecule has 0 spiro atoms. The number of carbonyl (C=O) groups is 2. The van der Waals surface area contributed by atoms with Crippen molar-refractivity contribution < 1.29 is 23.8 Å². The van der Waals surface area contributed by atoms with Crippen molar-refractivity contribution in [2.45, 2.75) is 25.9 Å². The fourth-order valence-electron chi connectivity index (χ4n) is 4.11. The van der Waals surface area contributed by atoms with Gasteiger partial charge < -0.3 is 24.4 Å². The highest BCUT2D eigenvalue weighted by Gasteiger charge is 2.42. The number of nitrogens with zero attached hydrogens (tertiary/aromatic N) is 2. The molecule has 0 saturated heterocycles. The van der Waals surface area contributed by atoms with Crippen LogP contribution in [0.3, 0.4) is 0 Å². The first-order valence-electron chi connectivity index (χ1n) is 11.0. The Balaban J connectivity index is 1.68. The van der Waals surface area contributed by atoms with Gasteiger partial charge >= 0.3 is 5.97 Å². The van der Waals surface area contributed by atoms with Crippen molar-refractivity contribution in [3.8, 4) is 11.5 Å². The van der Waals surface area contributed by atoms with Crippen LogP contribution >= 0.6 is 11.8 Å². The predicted octanol–water partition coefficient (Wildman–Crippen LogP) is 4.16. The van der Waals surface area contributed by atoms with Crippen molar-refractivity contribution in [3.05, 3.63) is 82.0 Å². The summed E-state index contributed by atoms with van der Waals surface area (Å²) >= 11 is 1.41. The van der Waals surface area contributed by atoms with Crippen molar-refractivity contribution >= 4 is 28.8 Å². The summed E-state index contributed by atoms with van der Waals surface area (Å²) in [6.07, 6.45) is 0.120. The molecule has 0 bridgehead atoms. The van der Waals surface area contributed by atoms with Crippen LogP contribution in [0.15, 0.2) is 75.9 Å². The lowest BCUT2D eigenvalue weighted by atomic mass is 9.93. The number of ether oxygens (including phenoxy) is 3. The Morgan fingerprint density at radius 2 is 1.86 bits per heavy atom. The van der Waals surface area contributed by atoms with Gasteiger partial charge in [-0.1, -0.05) is 42.1 Å². The lowest BCUT2D eigenvalue weighted by Gasteiger charge is -2.36. The van der Waals surface area contributed by atoms with Gasteiger partial charge in [0, 0.05) is 17.8 Å². The van der Waals surface area contributed by atoms with Crippen molar-refractivity contribution in [2.24, 2.45) is 4.99 Å². The summed E-state index contributed by atoms with van der Waals surface area (Å²) in [5.74, 6) is 0.565. The maximum absolute atomic E-state index is 12.9. The molecule has 1 N–H and O–H groups in total. The number of esters is 1. The minimum Gasteiger partial charge on any atom is -0.497 e. The minimum atomic E-state index is -0.608. The van der Waals surface area contributed by atoms with E-state index in [1.54, 1.807) is 33.3 Å². The Bertz CT molecular complexity index is 1220. The number of hydrogen-bond acceptors (Lipinski definition) is 8. The highest BCUT2D eigenvalue weighted by molar-refractivity contribution is 8.16. The number of methoxy groups -OCH3 is 3. The number of amidine groups is 1. The molecular weight excluding hydrogens is 466 g/mol. The number of hydrogen-bond donors (Lipinski definition) is 1. The number of carbonyl (C=O) groups excluding carboxylic acids is 2. The lowest BCUT2D eigenvalue weighted by molar-refractivity contribution is -0.136. The molecule has 2 aliphatic heterocycles. The van der Waals surface area contributed by atoms with Crippen LogP contribution in [0.2, 0.25) is 0 Å². The van der Waals surface area contributed by atoms with Gasteiger partial charge in [0.05, 0.1) is 45.1 Å². The van der Waals surface area contributed by atoms with Gasteiger partial charge in [-0.15, -0.1) is 0 Å². The third kappa shape index (κ3) is 5.05. The summed E-state index contributed by atoms with van der Waals surface area (Å²) < 4.78 is 16.2. The van der Waals surface area contributed by atoms with Gasteiger partial charge in [-0.3, -0.25) is 4.79 Å². The molecule has 182 valence electrons. The third-order valence-corrected chi connectivity index (χ3v) is 6.70. The van der Waals surface area contributed by atoms with Crippen LogP contribution in [0.1, 0.15) is 30.5 Å². The SMILES string of the molecule is COC(=O)C1=C(C)N=C2SC=C(CC(=O)NCc3ccccc3)N2[C@@H]1c1cc(OC)ccc1OC. The van der Waals surface area contributed by atoms with Crippen molar-refractivity contribution in [2.75, 3.05) is 21.3 Å². The van der Waals surface area contributed by atoms with Gasteiger partial charge in [-0.05, 0) is 36.1 Å². The molecule has 4 rings (SSSR count). The molecule has 0 aromatic heterocycles. The number of nitrogens with one attached hydrogen (secondary N) is 1. The first-order chi connectivity index (χ1) is 17.0. The average molecular weight is 494 g/mol. The van der Waals surface area contributed by atoms with Gasteiger partial charge in [-0.25, -0.2) is 9.79 Å². The van der Waals surface area contributed by atoms with E-state index in [0.29, 0.717) is 40.0 Å². The molecule has 0 radical (unpaired) electrons. The highest BCUT2D eigenvalue weighted by Crippen LogP contribution is 2.47. The fourth-order valence-corrected chi connectivity index (χ4v) is 5.08. The second-order valence-electron chi connectivity index (χ2n) is 7.93. The van der Waals surface area contributed by atoms with Crippen LogP contribution in [0.4, 0.5) is 0 Å². The molecule has 0 saturated carbocycles. The second-order valence-corrected chi connectivity index (χ2v) is 8.77. The van der Waals surface area contributed by atoms with Crippen LogP contribution in [0.25, 0.3) is 0 Å². The fraction of sp³-hybridized carbons (Fsp3) is 0.269. The summed E-state index contributed by atoms with van der Waals surface area (Å²) in [5, 5.41) is 5.54. The zero-order valence-electron chi connectivity index (χ0n) is 20.0. The maximum Gasteiger partial charge on any atom is 0.338 e. The van der Waals surface area contributed by atoms with E-state index in [4.69, 9.17) is 14.2 Å². The van der Waals surface area contributed by atoms with E-state index < -0.39 is 12.0 Å². The molecule has 2 aliphatic rings. The first-order valence-corrected chi connectivity index (χ1v) is 11.9. The zero-order valence-corrected chi connectivity index (χ0v) is 20.8. The highest BCUT2D eigenvalue weighted by atomic mass is 32.2. The van der Waals surface area contributed by atoms with E-state index >= 15 is 0 Å². The normalized spacial score (nSPS) is 16.8. The smallest absolute Gasteiger partial charge is 0.338 e. The summed E-state index contributed by atoms with van der Waals surface area (Å²) in [6, 6.07) is 14.5. The Kier molecular flexibility index (Phi) is 7.45. The van der Waals surface area contributed by atoms with Crippen LogP contribution in [-0.2, 0) is 20.9 Å². The largest absolute Gasteiger partial charge is 0.497 e. The number of allylic oxidation sites excluding steroid dienone is 1. The first kappa shape index (κ1) is 24.4. The summed E-state index contributed by atoms with van der Waals surface area (Å²) in [4.78, 5) is 32.4. The summed E-state index contributed by atoms with van der Waals surface area (Å²) in [5.41, 5.74) is 3.37. The van der Waals surface area contributed by atoms with Crippen LogP contribution < -0.4 is 14.8 Å². The Morgan fingerprint density at radius 3 is 2.54 bits per heavy atom. The molecule has 9 heteroatoms. The second kappa shape index (κ2) is 10.7. The molecule has 2 aromatic rings. The number of fused-ring (bicyclic) bond motifs is 1. The third-order valence-electron chi connectivity index (χ3n) is 5.81. The van der Waals surface area contributed by atoms with E-state index in [1.165, 1.54) is 18.9 Å². The van der Waals surface area contributed by atoms with Gasteiger partial charge in [0.25, 0.3) is 0 Å². The maximum atomic E-state index is 12.9. The zero-order chi connectivity index (χ0) is 24.9. The number of thioether (sulfide) groups is 1. The van der Waals surface area contributed by atoms with E-state index in [-0.39, 0.29) is 12.3 Å². The van der Waals surface area contributed by atoms with Gasteiger partial charge in [0.15, 0.2) is 5.17 Å². The molecule has 0 aliphatic carbocycles. The van der Waals surface area contributed by atoms with Gasteiger partial charge in [0.2, 0.25) is 5.91 Å². The van der Waals surface area contributed by atoms with Crippen LogP contribution in [-0.4, -0.2) is 43.3 Å². The van der Waals surface area contributed by atoms with Crippen LogP contribution in [0, 0.1) is 0 Å². The number of benzene rings is 2. The number of aliphatic imine (C=N–C) groups is 1. The minimum absolute atomic E-state index is 0.120. The monoisotopic (exact) mass is 493 g/mol. The standard InChI is InChI=1S/C26H27N3O5S/c1-16-23(25(31)34-4)24(20-13-19(32-2)10-11-21(20)33-3)29-18(15-35-26(29)28-16)12-22(30)27-14-17-8-6-5-7-9-17/h5-11,13,15,24H,12,14H2,1-4H3,(H,27,30)/t24-/m1/s1. The Hall–Kier alpha value is -3.72. The van der Waals surface area contributed by atoms with Crippen molar-refractivity contribution in [3.63, 3.8) is 0 Å². The molecule has 1 amide bonds. The molecule has 35 heavy (non-hydrogen) atoms. The molecule has 0 fully saturated rings. The molecule has 2 aromatic carbocycles. The molecule has 0 unspecified atom stereocenters. The summed E-state index contributed by atoms with van der Waals surface area (Å²) in [6.45, 7) is 2.21. The number of amides is 1. The Morgan fingerprint density at radius 1 is 1.09 bits per heavy atom. The van der Waals surface area contributed by atoms with E-state index in [0.717, 1.165) is 11.3 Å². The van der Waals surface area contributed by atoms with Crippen molar-refractivity contribution in [1.29, 1.82) is 0 Å². The van der Waals surface area contributed by atoms with Gasteiger partial charge in [-0.2, -0.15) is 0 Å². The van der Waals surface area contributed by atoms with E-state index in [9.17, 15) is 9.59 Å². The van der Waals surface area contributed by atoms with E-state index in [1.807, 2.05) is 46.7 Å². The lowest BCUT2D eigenvalue weighted by Crippen LogP contribution is -2.38. The quantitative estimate of drug-likeness (QED) is 0.553. The van der Waals surface area contributed by atoms with Crippen LogP contribution in [0.5, 0.6) is 11.5 Å². The molecule has 1 atom stereocenters. The van der Waals surface area contributed by atoms with Crippen molar-refractivity contribution in [1.82, 2.24) is 10.2 Å². The number of rotatable bonds is 8. The topological polar surface area (TPSA) is 89.5 Å². The van der Waals surface area contributed by atoms with Gasteiger partial charge in [0.1, 0.15) is 11.5 Å². The molecular formula is C26H27N3O5S. The Labute approximate surface area is 208 Å². The predicted molar refractivity (Wildman–Crippen MR) is 135 cm³/mol. The average Bonchev–Trinajstić information content (AvgIpc) is 3.28. The summed E-state index contributed by atoms with van der Waals surface area (Å²) in [7, 11) is 4.49. The molecule has 8 nitrogen and oxygen atoms in total. The molecule has 2 heterocycles.